The van der Waals surface area contributed by atoms with Gasteiger partial charge in [0.25, 0.3) is 5.91 Å². The van der Waals surface area contributed by atoms with Gasteiger partial charge in [-0.2, -0.15) is 5.10 Å². The molecule has 90 valence electrons. The molecule has 1 unspecified atom stereocenters. The third kappa shape index (κ3) is 2.96. The molecule has 0 bridgehead atoms. The Labute approximate surface area is 94.8 Å². The Hall–Kier alpha value is -1.56. The van der Waals surface area contributed by atoms with Crippen molar-refractivity contribution in [2.45, 2.75) is 19.4 Å². The Morgan fingerprint density at radius 3 is 2.94 bits per heavy atom. The number of hydrogen-bond donors (Lipinski definition) is 2. The van der Waals surface area contributed by atoms with E-state index in [-0.39, 0.29) is 11.9 Å². The zero-order chi connectivity index (χ0) is 12.1. The van der Waals surface area contributed by atoms with Gasteiger partial charge in [0.05, 0.1) is 11.9 Å². The molecule has 0 radical (unpaired) electrons. The highest BCUT2D eigenvalue weighted by Crippen LogP contribution is 2.09. The van der Waals surface area contributed by atoms with Gasteiger partial charge in [-0.1, -0.05) is 0 Å². The monoisotopic (exact) mass is 226 g/mol. The van der Waals surface area contributed by atoms with Gasteiger partial charge in [0.15, 0.2) is 0 Å². The molecule has 1 aromatic rings. The second-order valence-corrected chi connectivity index (χ2v) is 3.73. The molecule has 16 heavy (non-hydrogen) atoms. The molecule has 1 heterocycles. The van der Waals surface area contributed by atoms with Crippen LogP contribution in [0.4, 0.5) is 5.69 Å². The number of hydrogen-bond acceptors (Lipinski definition) is 4. The van der Waals surface area contributed by atoms with E-state index in [1.807, 2.05) is 6.92 Å². The van der Waals surface area contributed by atoms with E-state index in [0.717, 1.165) is 6.42 Å². The number of carbonyl (C=O) groups excluding carboxylic acids is 1. The van der Waals surface area contributed by atoms with Crippen molar-refractivity contribution in [2.75, 3.05) is 19.5 Å². The van der Waals surface area contributed by atoms with E-state index in [1.54, 1.807) is 14.2 Å². The maximum atomic E-state index is 11.8. The topological polar surface area (TPSA) is 82.2 Å². The standard InChI is InChI=1S/C10H18N4O2/c1-7(4-5-16-3)13-10(15)9-8(11)6-12-14(9)2/h6-7H,4-5,11H2,1-3H3,(H,13,15). The number of anilines is 1. The van der Waals surface area contributed by atoms with Crippen molar-refractivity contribution in [3.05, 3.63) is 11.9 Å². The number of carbonyl (C=O) groups is 1. The number of nitrogens with zero attached hydrogens (tertiary/aromatic N) is 2. The van der Waals surface area contributed by atoms with Gasteiger partial charge in [-0.05, 0) is 13.3 Å². The Morgan fingerprint density at radius 1 is 1.75 bits per heavy atom. The Kier molecular flexibility index (Phi) is 4.30. The molecule has 0 spiro atoms. The summed E-state index contributed by atoms with van der Waals surface area (Å²) in [5, 5.41) is 6.75. The summed E-state index contributed by atoms with van der Waals surface area (Å²) in [5.74, 6) is -0.207. The van der Waals surface area contributed by atoms with Crippen LogP contribution in [0.1, 0.15) is 23.8 Å². The smallest absolute Gasteiger partial charge is 0.271 e. The molecule has 0 saturated carbocycles. The third-order valence-corrected chi connectivity index (χ3v) is 2.31. The van der Waals surface area contributed by atoms with Gasteiger partial charge in [-0.3, -0.25) is 9.48 Å². The van der Waals surface area contributed by atoms with Crippen LogP contribution in [0.15, 0.2) is 6.20 Å². The molecular weight excluding hydrogens is 208 g/mol. The zero-order valence-electron chi connectivity index (χ0n) is 9.86. The second kappa shape index (κ2) is 5.50. The summed E-state index contributed by atoms with van der Waals surface area (Å²) in [6.07, 6.45) is 2.23. The number of aromatic nitrogens is 2. The fraction of sp³-hybridized carbons (Fsp3) is 0.600. The first kappa shape index (κ1) is 12.5. The van der Waals surface area contributed by atoms with Crippen molar-refractivity contribution in [3.8, 4) is 0 Å². The van der Waals surface area contributed by atoms with E-state index in [0.29, 0.717) is 18.0 Å². The lowest BCUT2D eigenvalue weighted by Crippen LogP contribution is -2.34. The predicted octanol–water partition coefficient (Wildman–Crippen LogP) is 0.157. The quantitative estimate of drug-likeness (QED) is 0.749. The lowest BCUT2D eigenvalue weighted by Gasteiger charge is -2.13. The van der Waals surface area contributed by atoms with E-state index >= 15 is 0 Å². The van der Waals surface area contributed by atoms with Crippen molar-refractivity contribution < 1.29 is 9.53 Å². The largest absolute Gasteiger partial charge is 0.396 e. The maximum Gasteiger partial charge on any atom is 0.271 e. The number of nitrogens with one attached hydrogen (secondary N) is 1. The van der Waals surface area contributed by atoms with Gasteiger partial charge in [0.2, 0.25) is 0 Å². The summed E-state index contributed by atoms with van der Waals surface area (Å²) in [6.45, 7) is 2.53. The molecule has 1 rings (SSSR count). The first-order valence-electron chi connectivity index (χ1n) is 5.13. The van der Waals surface area contributed by atoms with E-state index < -0.39 is 0 Å². The van der Waals surface area contributed by atoms with Crippen molar-refractivity contribution >= 4 is 11.6 Å². The molecule has 1 amide bonds. The third-order valence-electron chi connectivity index (χ3n) is 2.31. The summed E-state index contributed by atoms with van der Waals surface area (Å²) < 4.78 is 6.40. The molecule has 0 saturated heterocycles. The Morgan fingerprint density at radius 2 is 2.44 bits per heavy atom. The number of amides is 1. The molecule has 0 aliphatic carbocycles. The molecule has 1 aromatic heterocycles. The van der Waals surface area contributed by atoms with Gasteiger partial charge >= 0.3 is 0 Å². The number of nitrogens with two attached hydrogens (primary N) is 1. The number of aryl methyl sites for hydroxylation is 1. The fourth-order valence-corrected chi connectivity index (χ4v) is 1.39. The van der Waals surface area contributed by atoms with Crippen molar-refractivity contribution in [3.63, 3.8) is 0 Å². The molecule has 1 atom stereocenters. The summed E-state index contributed by atoms with van der Waals surface area (Å²) in [7, 11) is 3.32. The summed E-state index contributed by atoms with van der Waals surface area (Å²) in [6, 6.07) is 0.0433. The first-order valence-corrected chi connectivity index (χ1v) is 5.13. The molecule has 0 aromatic carbocycles. The van der Waals surface area contributed by atoms with Crippen LogP contribution in [0.5, 0.6) is 0 Å². The molecule has 3 N–H and O–H groups in total. The Balaban J connectivity index is 2.59. The van der Waals surface area contributed by atoms with Crippen LogP contribution in [-0.2, 0) is 11.8 Å². The van der Waals surface area contributed by atoms with Crippen LogP contribution in [0.3, 0.4) is 0 Å². The minimum absolute atomic E-state index is 0.0433. The van der Waals surface area contributed by atoms with Crippen LogP contribution < -0.4 is 11.1 Å². The summed E-state index contributed by atoms with van der Waals surface area (Å²) in [4.78, 5) is 11.8. The highest BCUT2D eigenvalue weighted by Gasteiger charge is 2.16. The highest BCUT2D eigenvalue weighted by atomic mass is 16.5. The van der Waals surface area contributed by atoms with Crippen LogP contribution in [0, 0.1) is 0 Å². The van der Waals surface area contributed by atoms with Crippen LogP contribution in [-0.4, -0.2) is 35.4 Å². The average molecular weight is 226 g/mol. The lowest BCUT2D eigenvalue weighted by molar-refractivity contribution is 0.0921. The van der Waals surface area contributed by atoms with Crippen LogP contribution in [0.25, 0.3) is 0 Å². The van der Waals surface area contributed by atoms with Crippen LogP contribution in [0.2, 0.25) is 0 Å². The average Bonchev–Trinajstić information content (AvgIpc) is 2.55. The van der Waals surface area contributed by atoms with Gasteiger partial charge in [0, 0.05) is 26.8 Å². The molecule has 6 nitrogen and oxygen atoms in total. The zero-order valence-corrected chi connectivity index (χ0v) is 9.86. The Bertz CT molecular complexity index is 342. The minimum atomic E-state index is -0.207. The normalized spacial score (nSPS) is 12.4. The van der Waals surface area contributed by atoms with Crippen molar-refractivity contribution in [1.29, 1.82) is 0 Å². The highest BCUT2D eigenvalue weighted by molar-refractivity contribution is 5.97. The van der Waals surface area contributed by atoms with E-state index in [2.05, 4.69) is 10.4 Å². The fourth-order valence-electron chi connectivity index (χ4n) is 1.39. The predicted molar refractivity (Wildman–Crippen MR) is 61.0 cm³/mol. The SMILES string of the molecule is COCCC(C)NC(=O)c1c(N)cnn1C. The molecular formula is C10H18N4O2. The number of rotatable bonds is 5. The van der Waals surface area contributed by atoms with Crippen molar-refractivity contribution in [2.24, 2.45) is 7.05 Å². The van der Waals surface area contributed by atoms with Gasteiger partial charge in [0.1, 0.15) is 5.69 Å². The second-order valence-electron chi connectivity index (χ2n) is 3.73. The number of methoxy groups -OCH3 is 1. The van der Waals surface area contributed by atoms with Gasteiger partial charge < -0.3 is 15.8 Å². The summed E-state index contributed by atoms with van der Waals surface area (Å²) in [5.41, 5.74) is 6.43. The molecule has 0 aliphatic heterocycles. The van der Waals surface area contributed by atoms with Crippen molar-refractivity contribution in [1.82, 2.24) is 15.1 Å². The number of nitrogen functional groups attached to an aromatic ring is 1. The lowest BCUT2D eigenvalue weighted by atomic mass is 10.2. The maximum absolute atomic E-state index is 11.8. The molecule has 0 aliphatic rings. The first-order chi connectivity index (χ1) is 7.56. The van der Waals surface area contributed by atoms with E-state index in [1.165, 1.54) is 10.9 Å². The number of ether oxygens (including phenoxy) is 1. The van der Waals surface area contributed by atoms with Crippen LogP contribution >= 0.6 is 0 Å². The molecule has 6 heteroatoms. The molecule has 0 fully saturated rings. The summed E-state index contributed by atoms with van der Waals surface area (Å²) >= 11 is 0. The minimum Gasteiger partial charge on any atom is -0.396 e. The van der Waals surface area contributed by atoms with E-state index in [4.69, 9.17) is 10.5 Å². The van der Waals surface area contributed by atoms with E-state index in [9.17, 15) is 4.79 Å². The van der Waals surface area contributed by atoms with Gasteiger partial charge in [-0.25, -0.2) is 0 Å². The van der Waals surface area contributed by atoms with Gasteiger partial charge in [-0.15, -0.1) is 0 Å².